The zero-order chi connectivity index (χ0) is 14.9. The molecule has 22 heavy (non-hydrogen) atoms. The summed E-state index contributed by atoms with van der Waals surface area (Å²) in [6, 6.07) is 11.5. The highest BCUT2D eigenvalue weighted by atomic mass is 16.2. The molecule has 1 fully saturated rings. The average molecular weight is 292 g/mol. The predicted octanol–water partition coefficient (Wildman–Crippen LogP) is 2.94. The van der Waals surface area contributed by atoms with Gasteiger partial charge < -0.3 is 9.88 Å². The molecule has 3 aromatic rings. The van der Waals surface area contributed by atoms with Crippen molar-refractivity contribution in [3.63, 3.8) is 0 Å². The predicted molar refractivity (Wildman–Crippen MR) is 83.3 cm³/mol. The van der Waals surface area contributed by atoms with Crippen LogP contribution < -0.4 is 0 Å². The zero-order valence-electron chi connectivity index (χ0n) is 12.1. The molecule has 1 saturated heterocycles. The molecule has 1 aromatic carbocycles. The van der Waals surface area contributed by atoms with Gasteiger partial charge in [-0.15, -0.1) is 0 Å². The highest BCUT2D eigenvalue weighted by Crippen LogP contribution is 2.32. The standard InChI is InChI=1S/C17H16N4O/c22-17(12-7-9-18-10-8-12)21-11-3-6-15(21)16-19-13-4-1-2-5-14(13)20-16/h1-2,4-5,7-10,15H,3,6,11H2,(H,19,20)/t15-/m1/s1. The molecule has 0 unspecified atom stereocenters. The smallest absolute Gasteiger partial charge is 0.254 e. The number of para-hydroxylation sites is 2. The summed E-state index contributed by atoms with van der Waals surface area (Å²) in [5, 5.41) is 0. The summed E-state index contributed by atoms with van der Waals surface area (Å²) < 4.78 is 0. The van der Waals surface area contributed by atoms with Crippen LogP contribution >= 0.6 is 0 Å². The van der Waals surface area contributed by atoms with Crippen LogP contribution in [-0.2, 0) is 0 Å². The number of carbonyl (C=O) groups is 1. The Labute approximate surface area is 128 Å². The first kappa shape index (κ1) is 13.0. The molecular formula is C17H16N4O. The number of hydrogen-bond acceptors (Lipinski definition) is 3. The van der Waals surface area contributed by atoms with Crippen molar-refractivity contribution in [3.05, 3.63) is 60.2 Å². The van der Waals surface area contributed by atoms with E-state index >= 15 is 0 Å². The Kier molecular flexibility index (Phi) is 3.11. The number of nitrogens with one attached hydrogen (secondary N) is 1. The van der Waals surface area contributed by atoms with Gasteiger partial charge in [-0.05, 0) is 37.1 Å². The first-order valence-corrected chi connectivity index (χ1v) is 7.48. The van der Waals surface area contributed by atoms with Crippen LogP contribution in [0.4, 0.5) is 0 Å². The quantitative estimate of drug-likeness (QED) is 0.790. The molecule has 0 aliphatic carbocycles. The lowest BCUT2D eigenvalue weighted by atomic mass is 10.2. The number of likely N-dealkylation sites (tertiary alicyclic amines) is 1. The van der Waals surface area contributed by atoms with Crippen molar-refractivity contribution >= 4 is 16.9 Å². The van der Waals surface area contributed by atoms with E-state index in [-0.39, 0.29) is 11.9 Å². The summed E-state index contributed by atoms with van der Waals surface area (Å²) in [6.07, 6.45) is 5.24. The normalized spacial score (nSPS) is 18.0. The number of aromatic nitrogens is 3. The van der Waals surface area contributed by atoms with Crippen molar-refractivity contribution in [2.75, 3.05) is 6.54 Å². The minimum atomic E-state index is 0.0214. The number of amides is 1. The lowest BCUT2D eigenvalue weighted by molar-refractivity contribution is 0.0730. The Balaban J connectivity index is 1.67. The second-order valence-electron chi connectivity index (χ2n) is 5.53. The third-order valence-corrected chi connectivity index (χ3v) is 4.16. The van der Waals surface area contributed by atoms with Gasteiger partial charge in [0.25, 0.3) is 5.91 Å². The number of hydrogen-bond donors (Lipinski definition) is 1. The van der Waals surface area contributed by atoms with Gasteiger partial charge in [0.1, 0.15) is 5.82 Å². The summed E-state index contributed by atoms with van der Waals surface area (Å²) in [5.74, 6) is 0.923. The van der Waals surface area contributed by atoms with Gasteiger partial charge in [0, 0.05) is 24.5 Å². The van der Waals surface area contributed by atoms with Gasteiger partial charge in [0.2, 0.25) is 0 Å². The minimum Gasteiger partial charge on any atom is -0.340 e. The Hall–Kier alpha value is -2.69. The number of pyridine rings is 1. The number of H-pyrrole nitrogens is 1. The van der Waals surface area contributed by atoms with Crippen molar-refractivity contribution in [1.29, 1.82) is 0 Å². The van der Waals surface area contributed by atoms with Crippen LogP contribution in [0.25, 0.3) is 11.0 Å². The van der Waals surface area contributed by atoms with Crippen LogP contribution in [0.2, 0.25) is 0 Å². The lowest BCUT2D eigenvalue weighted by Crippen LogP contribution is -2.31. The molecule has 0 spiro atoms. The van der Waals surface area contributed by atoms with E-state index < -0.39 is 0 Å². The van der Waals surface area contributed by atoms with Crippen LogP contribution in [0.3, 0.4) is 0 Å². The number of fused-ring (bicyclic) bond motifs is 1. The maximum atomic E-state index is 12.7. The molecule has 1 atom stereocenters. The molecule has 4 rings (SSSR count). The monoisotopic (exact) mass is 292 g/mol. The third kappa shape index (κ3) is 2.15. The van der Waals surface area contributed by atoms with Crippen molar-refractivity contribution in [2.24, 2.45) is 0 Å². The number of carbonyl (C=O) groups excluding carboxylic acids is 1. The fraction of sp³-hybridized carbons (Fsp3) is 0.235. The van der Waals surface area contributed by atoms with E-state index in [0.717, 1.165) is 36.2 Å². The molecule has 3 heterocycles. The number of rotatable bonds is 2. The summed E-state index contributed by atoms with van der Waals surface area (Å²) in [4.78, 5) is 26.6. The molecule has 1 N–H and O–H groups in total. The fourth-order valence-electron chi connectivity index (χ4n) is 3.08. The molecule has 1 aliphatic rings. The third-order valence-electron chi connectivity index (χ3n) is 4.16. The summed E-state index contributed by atoms with van der Waals surface area (Å²) in [5.41, 5.74) is 2.64. The number of imidazole rings is 1. The molecule has 110 valence electrons. The van der Waals surface area contributed by atoms with Crippen LogP contribution in [0.5, 0.6) is 0 Å². The first-order chi connectivity index (χ1) is 10.8. The number of aromatic amines is 1. The molecule has 1 aliphatic heterocycles. The first-order valence-electron chi connectivity index (χ1n) is 7.48. The van der Waals surface area contributed by atoms with Crippen LogP contribution in [0.1, 0.15) is 35.1 Å². The minimum absolute atomic E-state index is 0.0214. The topological polar surface area (TPSA) is 61.9 Å². The van der Waals surface area contributed by atoms with E-state index in [4.69, 9.17) is 0 Å². The lowest BCUT2D eigenvalue weighted by Gasteiger charge is -2.23. The van der Waals surface area contributed by atoms with E-state index in [9.17, 15) is 4.79 Å². The van der Waals surface area contributed by atoms with Crippen molar-refractivity contribution in [2.45, 2.75) is 18.9 Å². The van der Waals surface area contributed by atoms with Gasteiger partial charge in [0.05, 0.1) is 17.1 Å². The molecule has 0 radical (unpaired) electrons. The van der Waals surface area contributed by atoms with Crippen LogP contribution in [0, 0.1) is 0 Å². The molecule has 5 heteroatoms. The van der Waals surface area contributed by atoms with Crippen LogP contribution in [0.15, 0.2) is 48.8 Å². The average Bonchev–Trinajstić information content (AvgIpc) is 3.21. The summed E-state index contributed by atoms with van der Waals surface area (Å²) in [6.45, 7) is 0.767. The fourth-order valence-corrected chi connectivity index (χ4v) is 3.08. The Morgan fingerprint density at radius 3 is 2.82 bits per heavy atom. The van der Waals surface area contributed by atoms with Gasteiger partial charge in [-0.1, -0.05) is 12.1 Å². The van der Waals surface area contributed by atoms with Crippen molar-refractivity contribution in [1.82, 2.24) is 19.9 Å². The maximum absolute atomic E-state index is 12.7. The van der Waals surface area contributed by atoms with Gasteiger partial charge in [0.15, 0.2) is 0 Å². The van der Waals surface area contributed by atoms with E-state index in [1.807, 2.05) is 29.2 Å². The molecule has 1 amide bonds. The van der Waals surface area contributed by atoms with Crippen molar-refractivity contribution < 1.29 is 4.79 Å². The van der Waals surface area contributed by atoms with E-state index in [1.165, 1.54) is 0 Å². The highest BCUT2D eigenvalue weighted by Gasteiger charge is 2.32. The Morgan fingerprint density at radius 2 is 2.00 bits per heavy atom. The molecule has 5 nitrogen and oxygen atoms in total. The second kappa shape index (κ2) is 5.26. The van der Waals surface area contributed by atoms with E-state index in [2.05, 4.69) is 15.0 Å². The van der Waals surface area contributed by atoms with Gasteiger partial charge >= 0.3 is 0 Å². The van der Waals surface area contributed by atoms with Crippen molar-refractivity contribution in [3.8, 4) is 0 Å². The summed E-state index contributed by atoms with van der Waals surface area (Å²) >= 11 is 0. The molecule has 2 aromatic heterocycles. The van der Waals surface area contributed by atoms with Gasteiger partial charge in [-0.25, -0.2) is 4.98 Å². The van der Waals surface area contributed by atoms with E-state index in [0.29, 0.717) is 5.56 Å². The zero-order valence-corrected chi connectivity index (χ0v) is 12.1. The van der Waals surface area contributed by atoms with E-state index in [1.54, 1.807) is 24.5 Å². The second-order valence-corrected chi connectivity index (χ2v) is 5.53. The SMILES string of the molecule is O=C(c1ccncc1)N1CCC[C@@H]1c1nc2ccccc2[nH]1. The molecular weight excluding hydrogens is 276 g/mol. The summed E-state index contributed by atoms with van der Waals surface area (Å²) in [7, 11) is 0. The maximum Gasteiger partial charge on any atom is 0.254 e. The Bertz CT molecular complexity index is 779. The number of benzene rings is 1. The van der Waals surface area contributed by atoms with Gasteiger partial charge in [-0.2, -0.15) is 0 Å². The highest BCUT2D eigenvalue weighted by molar-refractivity contribution is 5.94. The Morgan fingerprint density at radius 1 is 1.18 bits per heavy atom. The number of nitrogens with zero attached hydrogens (tertiary/aromatic N) is 3. The van der Waals surface area contributed by atoms with Gasteiger partial charge in [-0.3, -0.25) is 9.78 Å². The molecule has 0 bridgehead atoms. The molecule has 0 saturated carbocycles. The largest absolute Gasteiger partial charge is 0.340 e. The van der Waals surface area contributed by atoms with Crippen LogP contribution in [-0.4, -0.2) is 32.3 Å².